The largest absolute Gasteiger partial charge is 0.338 e. The van der Waals surface area contributed by atoms with Crippen molar-refractivity contribution in [2.75, 3.05) is 11.9 Å². The highest BCUT2D eigenvalue weighted by Gasteiger charge is 1.99. The van der Waals surface area contributed by atoms with Crippen LogP contribution in [0.2, 0.25) is 0 Å². The van der Waals surface area contributed by atoms with E-state index in [9.17, 15) is 4.79 Å². The van der Waals surface area contributed by atoms with Crippen molar-refractivity contribution in [3.63, 3.8) is 0 Å². The first-order valence-corrected chi connectivity index (χ1v) is 5.84. The number of hydrogen-bond acceptors (Lipinski definition) is 1. The minimum Gasteiger partial charge on any atom is -0.338 e. The van der Waals surface area contributed by atoms with Crippen LogP contribution in [0.4, 0.5) is 10.5 Å². The molecule has 0 unspecified atom stereocenters. The molecule has 1 aromatic carbocycles. The van der Waals surface area contributed by atoms with Crippen LogP contribution in [0.1, 0.15) is 31.7 Å². The summed E-state index contributed by atoms with van der Waals surface area (Å²) in [4.78, 5) is 11.4. The van der Waals surface area contributed by atoms with Gasteiger partial charge in [-0.15, -0.1) is 0 Å². The molecule has 0 aromatic heterocycles. The van der Waals surface area contributed by atoms with Gasteiger partial charge in [-0.25, -0.2) is 4.79 Å². The second-order valence-electron chi connectivity index (χ2n) is 3.95. The van der Waals surface area contributed by atoms with Crippen LogP contribution in [-0.4, -0.2) is 12.6 Å². The number of amides is 2. The molecule has 3 heteroatoms. The van der Waals surface area contributed by atoms with Gasteiger partial charge in [0.25, 0.3) is 0 Å². The number of rotatable bonds is 5. The molecule has 1 rings (SSSR count). The predicted octanol–water partition coefficient (Wildman–Crippen LogP) is 3.31. The molecular formula is C13H20N2O. The first-order chi connectivity index (χ1) is 7.72. The lowest BCUT2D eigenvalue weighted by Gasteiger charge is -2.07. The average Bonchev–Trinajstić information content (AvgIpc) is 2.28. The summed E-state index contributed by atoms with van der Waals surface area (Å²) in [5, 5.41) is 5.63. The Morgan fingerprint density at radius 3 is 2.50 bits per heavy atom. The maximum absolute atomic E-state index is 11.4. The molecule has 0 saturated heterocycles. The number of carbonyl (C=O) groups is 1. The Bertz CT molecular complexity index is 319. The fourth-order valence-corrected chi connectivity index (χ4v) is 1.39. The van der Waals surface area contributed by atoms with Gasteiger partial charge in [-0.3, -0.25) is 0 Å². The molecule has 3 nitrogen and oxygen atoms in total. The minimum absolute atomic E-state index is 0.125. The van der Waals surface area contributed by atoms with Gasteiger partial charge in [0.2, 0.25) is 0 Å². The Hall–Kier alpha value is -1.51. The Labute approximate surface area is 97.2 Å². The molecule has 0 aliphatic heterocycles. The zero-order valence-electron chi connectivity index (χ0n) is 10.0. The molecule has 0 saturated carbocycles. The van der Waals surface area contributed by atoms with Crippen molar-refractivity contribution in [2.24, 2.45) is 0 Å². The molecule has 0 radical (unpaired) electrons. The fourth-order valence-electron chi connectivity index (χ4n) is 1.39. The van der Waals surface area contributed by atoms with Crippen molar-refractivity contribution >= 4 is 11.7 Å². The van der Waals surface area contributed by atoms with Crippen LogP contribution in [0, 0.1) is 6.92 Å². The highest BCUT2D eigenvalue weighted by Crippen LogP contribution is 2.07. The molecule has 0 aliphatic rings. The quantitative estimate of drug-likeness (QED) is 0.734. The molecule has 0 aliphatic carbocycles. The summed E-state index contributed by atoms with van der Waals surface area (Å²) in [5.41, 5.74) is 2.02. The summed E-state index contributed by atoms with van der Waals surface area (Å²) in [6, 6.07) is 7.64. The second-order valence-corrected chi connectivity index (χ2v) is 3.95. The van der Waals surface area contributed by atoms with E-state index in [1.807, 2.05) is 31.2 Å². The monoisotopic (exact) mass is 220 g/mol. The van der Waals surface area contributed by atoms with E-state index in [1.165, 1.54) is 12.0 Å². The highest BCUT2D eigenvalue weighted by atomic mass is 16.2. The Morgan fingerprint density at radius 1 is 1.19 bits per heavy atom. The number of anilines is 1. The van der Waals surface area contributed by atoms with Crippen molar-refractivity contribution in [3.05, 3.63) is 29.8 Å². The van der Waals surface area contributed by atoms with Crippen molar-refractivity contribution in [2.45, 2.75) is 33.1 Å². The molecule has 2 N–H and O–H groups in total. The van der Waals surface area contributed by atoms with E-state index in [4.69, 9.17) is 0 Å². The summed E-state index contributed by atoms with van der Waals surface area (Å²) >= 11 is 0. The van der Waals surface area contributed by atoms with Crippen molar-refractivity contribution in [1.82, 2.24) is 5.32 Å². The van der Waals surface area contributed by atoms with E-state index in [0.29, 0.717) is 0 Å². The van der Waals surface area contributed by atoms with Crippen LogP contribution in [0.15, 0.2) is 24.3 Å². The molecule has 1 aromatic rings. The SMILES string of the molecule is CCCCCNC(=O)Nc1ccc(C)cc1. The second kappa shape index (κ2) is 6.88. The normalized spacial score (nSPS) is 9.88. The van der Waals surface area contributed by atoms with Gasteiger partial charge in [0.1, 0.15) is 0 Å². The topological polar surface area (TPSA) is 41.1 Å². The van der Waals surface area contributed by atoms with E-state index in [2.05, 4.69) is 17.6 Å². The van der Waals surface area contributed by atoms with E-state index >= 15 is 0 Å². The highest BCUT2D eigenvalue weighted by molar-refractivity contribution is 5.89. The van der Waals surface area contributed by atoms with Crippen molar-refractivity contribution in [3.8, 4) is 0 Å². The lowest BCUT2D eigenvalue weighted by atomic mass is 10.2. The lowest BCUT2D eigenvalue weighted by molar-refractivity contribution is 0.252. The first kappa shape index (κ1) is 12.6. The molecule has 16 heavy (non-hydrogen) atoms. The lowest BCUT2D eigenvalue weighted by Crippen LogP contribution is -2.29. The summed E-state index contributed by atoms with van der Waals surface area (Å²) in [6.07, 6.45) is 3.36. The van der Waals surface area contributed by atoms with E-state index in [1.54, 1.807) is 0 Å². The molecule has 2 amide bonds. The van der Waals surface area contributed by atoms with Gasteiger partial charge in [-0.1, -0.05) is 37.5 Å². The smallest absolute Gasteiger partial charge is 0.319 e. The summed E-state index contributed by atoms with van der Waals surface area (Å²) < 4.78 is 0. The number of aryl methyl sites for hydroxylation is 1. The summed E-state index contributed by atoms with van der Waals surface area (Å²) in [7, 11) is 0. The summed E-state index contributed by atoms with van der Waals surface area (Å²) in [5.74, 6) is 0. The maximum Gasteiger partial charge on any atom is 0.319 e. The number of benzene rings is 1. The van der Waals surface area contributed by atoms with E-state index in [0.717, 1.165) is 25.1 Å². The molecule has 0 bridgehead atoms. The van der Waals surface area contributed by atoms with Gasteiger partial charge in [-0.2, -0.15) is 0 Å². The first-order valence-electron chi connectivity index (χ1n) is 5.84. The Balaban J connectivity index is 2.26. The van der Waals surface area contributed by atoms with Crippen LogP contribution in [0.5, 0.6) is 0 Å². The molecule has 0 spiro atoms. The molecule has 0 fully saturated rings. The maximum atomic E-state index is 11.4. The zero-order chi connectivity index (χ0) is 11.8. The molecule has 0 heterocycles. The van der Waals surface area contributed by atoms with Gasteiger partial charge in [-0.05, 0) is 25.5 Å². The third kappa shape index (κ3) is 4.82. The third-order valence-electron chi connectivity index (χ3n) is 2.38. The summed E-state index contributed by atoms with van der Waals surface area (Å²) in [6.45, 7) is 4.91. The fraction of sp³-hybridized carbons (Fsp3) is 0.462. The van der Waals surface area contributed by atoms with E-state index in [-0.39, 0.29) is 6.03 Å². The molecular weight excluding hydrogens is 200 g/mol. The van der Waals surface area contributed by atoms with Crippen molar-refractivity contribution < 1.29 is 4.79 Å². The number of hydrogen-bond donors (Lipinski definition) is 2. The van der Waals surface area contributed by atoms with Gasteiger partial charge < -0.3 is 10.6 Å². The average molecular weight is 220 g/mol. The van der Waals surface area contributed by atoms with Crippen LogP contribution in [0.25, 0.3) is 0 Å². The van der Waals surface area contributed by atoms with E-state index < -0.39 is 0 Å². The number of unbranched alkanes of at least 4 members (excludes halogenated alkanes) is 2. The number of urea groups is 1. The number of carbonyl (C=O) groups excluding carboxylic acids is 1. The molecule has 88 valence electrons. The third-order valence-corrected chi connectivity index (χ3v) is 2.38. The van der Waals surface area contributed by atoms with Crippen LogP contribution in [-0.2, 0) is 0 Å². The van der Waals surface area contributed by atoms with Crippen LogP contribution in [0.3, 0.4) is 0 Å². The van der Waals surface area contributed by atoms with Crippen molar-refractivity contribution in [1.29, 1.82) is 0 Å². The minimum atomic E-state index is -0.125. The van der Waals surface area contributed by atoms with Gasteiger partial charge >= 0.3 is 6.03 Å². The standard InChI is InChI=1S/C13H20N2O/c1-3-4-5-10-14-13(16)15-12-8-6-11(2)7-9-12/h6-9H,3-5,10H2,1-2H3,(H2,14,15,16). The van der Waals surface area contributed by atoms with Gasteiger partial charge in [0.05, 0.1) is 0 Å². The predicted molar refractivity (Wildman–Crippen MR) is 67.7 cm³/mol. The zero-order valence-corrected chi connectivity index (χ0v) is 10.0. The van der Waals surface area contributed by atoms with Gasteiger partial charge in [0.15, 0.2) is 0 Å². The number of nitrogens with one attached hydrogen (secondary N) is 2. The Morgan fingerprint density at radius 2 is 1.88 bits per heavy atom. The molecule has 0 atom stereocenters. The van der Waals surface area contributed by atoms with Crippen LogP contribution < -0.4 is 10.6 Å². The van der Waals surface area contributed by atoms with Crippen LogP contribution >= 0.6 is 0 Å². The van der Waals surface area contributed by atoms with Gasteiger partial charge in [0, 0.05) is 12.2 Å². The Kier molecular flexibility index (Phi) is 5.40.